The number of rotatable bonds is 5. The van der Waals surface area contributed by atoms with Gasteiger partial charge in [0, 0.05) is 17.5 Å². The van der Waals surface area contributed by atoms with Crippen LogP contribution in [0.2, 0.25) is 5.02 Å². The van der Waals surface area contributed by atoms with Crippen molar-refractivity contribution in [2.24, 2.45) is 0 Å². The first-order chi connectivity index (χ1) is 15.7. The molecule has 0 atom stereocenters. The van der Waals surface area contributed by atoms with Crippen LogP contribution in [0.3, 0.4) is 0 Å². The standard InChI is InChI=1S/C27H19ClN2O2/c28-22-12-6-4-11-20(22)25-14-15-26(32-25)24-16-21(19-10-5-7-13-23(19)30-24)27(31)29-17-18-8-2-1-3-9-18/h1-16H,17H2,(H,29,31). The third-order valence-electron chi connectivity index (χ3n) is 5.25. The van der Waals surface area contributed by atoms with Crippen LogP contribution < -0.4 is 5.32 Å². The summed E-state index contributed by atoms with van der Waals surface area (Å²) in [5.41, 5.74) is 3.71. The molecule has 0 unspecified atom stereocenters. The number of nitrogens with one attached hydrogen (secondary N) is 1. The van der Waals surface area contributed by atoms with Crippen LogP contribution >= 0.6 is 11.6 Å². The van der Waals surface area contributed by atoms with Crippen molar-refractivity contribution in [3.05, 3.63) is 113 Å². The quantitative estimate of drug-likeness (QED) is 0.330. The zero-order valence-corrected chi connectivity index (χ0v) is 17.8. The van der Waals surface area contributed by atoms with E-state index in [2.05, 4.69) is 5.32 Å². The van der Waals surface area contributed by atoms with Crippen LogP contribution in [-0.2, 0) is 6.54 Å². The molecule has 5 rings (SSSR count). The summed E-state index contributed by atoms with van der Waals surface area (Å²) >= 11 is 6.32. The molecule has 0 radical (unpaired) electrons. The van der Waals surface area contributed by atoms with Gasteiger partial charge in [-0.3, -0.25) is 4.79 Å². The van der Waals surface area contributed by atoms with Gasteiger partial charge in [-0.05, 0) is 42.0 Å². The van der Waals surface area contributed by atoms with Gasteiger partial charge in [0.2, 0.25) is 0 Å². The number of hydrogen-bond acceptors (Lipinski definition) is 3. The summed E-state index contributed by atoms with van der Waals surface area (Å²) in [5.74, 6) is 1.06. The van der Waals surface area contributed by atoms with Crippen molar-refractivity contribution >= 4 is 28.4 Å². The minimum Gasteiger partial charge on any atom is -0.454 e. The van der Waals surface area contributed by atoms with Crippen molar-refractivity contribution in [1.29, 1.82) is 0 Å². The fourth-order valence-electron chi connectivity index (χ4n) is 3.64. The molecule has 4 nitrogen and oxygen atoms in total. The summed E-state index contributed by atoms with van der Waals surface area (Å²) in [5, 5.41) is 4.41. The molecule has 1 amide bonds. The second kappa shape index (κ2) is 8.69. The van der Waals surface area contributed by atoms with Gasteiger partial charge in [-0.2, -0.15) is 0 Å². The first kappa shape index (κ1) is 20.0. The third kappa shape index (κ3) is 4.01. The number of furan rings is 1. The van der Waals surface area contributed by atoms with Gasteiger partial charge in [0.05, 0.1) is 16.1 Å². The predicted molar refractivity (Wildman–Crippen MR) is 128 cm³/mol. The molecule has 0 aliphatic carbocycles. The first-order valence-electron chi connectivity index (χ1n) is 10.3. The van der Waals surface area contributed by atoms with Gasteiger partial charge in [-0.1, -0.05) is 72.3 Å². The van der Waals surface area contributed by atoms with Crippen LogP contribution in [0, 0.1) is 0 Å². The lowest BCUT2D eigenvalue weighted by atomic mass is 10.1. The van der Waals surface area contributed by atoms with Gasteiger partial charge in [-0.15, -0.1) is 0 Å². The van der Waals surface area contributed by atoms with Gasteiger partial charge in [0.1, 0.15) is 11.5 Å². The molecule has 0 saturated heterocycles. The Kier molecular flexibility index (Phi) is 5.44. The maximum Gasteiger partial charge on any atom is 0.252 e. The molecule has 0 bridgehead atoms. The fourth-order valence-corrected chi connectivity index (χ4v) is 3.87. The van der Waals surface area contributed by atoms with E-state index in [0.29, 0.717) is 34.3 Å². The van der Waals surface area contributed by atoms with Crippen molar-refractivity contribution in [1.82, 2.24) is 10.3 Å². The van der Waals surface area contributed by atoms with Gasteiger partial charge in [-0.25, -0.2) is 4.98 Å². The van der Waals surface area contributed by atoms with Gasteiger partial charge < -0.3 is 9.73 Å². The van der Waals surface area contributed by atoms with Crippen molar-refractivity contribution in [2.45, 2.75) is 6.54 Å². The van der Waals surface area contributed by atoms with Gasteiger partial charge in [0.25, 0.3) is 5.91 Å². The summed E-state index contributed by atoms with van der Waals surface area (Å²) in [7, 11) is 0. The van der Waals surface area contributed by atoms with E-state index >= 15 is 0 Å². The number of carbonyl (C=O) groups is 1. The summed E-state index contributed by atoms with van der Waals surface area (Å²) in [6.07, 6.45) is 0. The van der Waals surface area contributed by atoms with Crippen LogP contribution in [-0.4, -0.2) is 10.9 Å². The molecule has 0 fully saturated rings. The van der Waals surface area contributed by atoms with Crippen LogP contribution in [0.4, 0.5) is 0 Å². The average Bonchev–Trinajstić information content (AvgIpc) is 3.33. The monoisotopic (exact) mass is 438 g/mol. The van der Waals surface area contributed by atoms with E-state index in [1.54, 1.807) is 6.07 Å². The molecule has 32 heavy (non-hydrogen) atoms. The van der Waals surface area contributed by atoms with Gasteiger partial charge >= 0.3 is 0 Å². The molecule has 5 heteroatoms. The predicted octanol–water partition coefficient (Wildman–Crippen LogP) is 6.75. The van der Waals surface area contributed by atoms with E-state index in [-0.39, 0.29) is 5.91 Å². The fraction of sp³-hybridized carbons (Fsp3) is 0.0370. The number of nitrogens with zero attached hydrogens (tertiary/aromatic N) is 1. The Morgan fingerprint density at radius 3 is 2.41 bits per heavy atom. The molecule has 3 aromatic carbocycles. The molecule has 2 aromatic heterocycles. The maximum absolute atomic E-state index is 13.1. The highest BCUT2D eigenvalue weighted by molar-refractivity contribution is 6.33. The number of carbonyl (C=O) groups excluding carboxylic acids is 1. The van der Waals surface area contributed by atoms with Crippen molar-refractivity contribution in [3.63, 3.8) is 0 Å². The Hall–Kier alpha value is -3.89. The Balaban J connectivity index is 1.51. The number of fused-ring (bicyclic) bond motifs is 1. The Morgan fingerprint density at radius 2 is 1.56 bits per heavy atom. The summed E-state index contributed by atoms with van der Waals surface area (Å²) < 4.78 is 6.07. The van der Waals surface area contributed by atoms with E-state index in [1.807, 2.05) is 91.0 Å². The molecular weight excluding hydrogens is 420 g/mol. The topological polar surface area (TPSA) is 55.1 Å². The second-order valence-corrected chi connectivity index (χ2v) is 7.79. The number of pyridine rings is 1. The first-order valence-corrected chi connectivity index (χ1v) is 10.6. The van der Waals surface area contributed by atoms with Crippen LogP contribution in [0.5, 0.6) is 0 Å². The van der Waals surface area contributed by atoms with E-state index in [1.165, 1.54) is 0 Å². The average molecular weight is 439 g/mol. The highest BCUT2D eigenvalue weighted by Gasteiger charge is 2.16. The van der Waals surface area contributed by atoms with E-state index in [4.69, 9.17) is 21.0 Å². The Morgan fingerprint density at radius 1 is 0.844 bits per heavy atom. The largest absolute Gasteiger partial charge is 0.454 e. The lowest BCUT2D eigenvalue weighted by Crippen LogP contribution is -2.23. The molecule has 0 saturated carbocycles. The number of benzene rings is 3. The Labute approximate surface area is 190 Å². The van der Waals surface area contributed by atoms with Crippen LogP contribution in [0.15, 0.2) is 101 Å². The van der Waals surface area contributed by atoms with E-state index in [0.717, 1.165) is 22.0 Å². The summed E-state index contributed by atoms with van der Waals surface area (Å²) in [6, 6.07) is 30.4. The number of para-hydroxylation sites is 1. The third-order valence-corrected chi connectivity index (χ3v) is 5.58. The van der Waals surface area contributed by atoms with E-state index in [9.17, 15) is 4.79 Å². The minimum absolute atomic E-state index is 0.161. The van der Waals surface area contributed by atoms with Crippen molar-refractivity contribution in [3.8, 4) is 22.8 Å². The molecule has 2 heterocycles. The number of hydrogen-bond donors (Lipinski definition) is 1. The van der Waals surface area contributed by atoms with E-state index < -0.39 is 0 Å². The molecule has 156 valence electrons. The SMILES string of the molecule is O=C(NCc1ccccc1)c1cc(-c2ccc(-c3ccccc3Cl)o2)nc2ccccc12. The lowest BCUT2D eigenvalue weighted by Gasteiger charge is -2.10. The summed E-state index contributed by atoms with van der Waals surface area (Å²) in [6.45, 7) is 0.447. The Bertz CT molecular complexity index is 1410. The molecule has 0 aliphatic rings. The molecule has 0 aliphatic heterocycles. The maximum atomic E-state index is 13.1. The zero-order valence-electron chi connectivity index (χ0n) is 17.1. The zero-order chi connectivity index (χ0) is 21.9. The molecule has 0 spiro atoms. The number of halogens is 1. The summed E-state index contributed by atoms with van der Waals surface area (Å²) in [4.78, 5) is 17.8. The highest BCUT2D eigenvalue weighted by atomic mass is 35.5. The molecule has 1 N–H and O–H groups in total. The normalized spacial score (nSPS) is 10.9. The van der Waals surface area contributed by atoms with Crippen LogP contribution in [0.25, 0.3) is 33.7 Å². The number of aromatic nitrogens is 1. The van der Waals surface area contributed by atoms with Crippen molar-refractivity contribution in [2.75, 3.05) is 0 Å². The smallest absolute Gasteiger partial charge is 0.252 e. The molecular formula is C27H19ClN2O2. The van der Waals surface area contributed by atoms with Crippen LogP contribution in [0.1, 0.15) is 15.9 Å². The minimum atomic E-state index is -0.161. The highest BCUT2D eigenvalue weighted by Crippen LogP contribution is 2.33. The number of amides is 1. The van der Waals surface area contributed by atoms with Crippen molar-refractivity contribution < 1.29 is 9.21 Å². The lowest BCUT2D eigenvalue weighted by molar-refractivity contribution is 0.0952. The molecule has 5 aromatic rings. The second-order valence-electron chi connectivity index (χ2n) is 7.38. The van der Waals surface area contributed by atoms with Gasteiger partial charge in [0.15, 0.2) is 5.76 Å².